The highest BCUT2D eigenvalue weighted by molar-refractivity contribution is 7.17. The van der Waals surface area contributed by atoms with Crippen molar-refractivity contribution in [3.05, 3.63) is 135 Å². The van der Waals surface area contributed by atoms with Crippen molar-refractivity contribution in [3.63, 3.8) is 0 Å². The minimum Gasteiger partial charge on any atom is -0.508 e. The number of likely N-dealkylation sites (tertiary alicyclic amines) is 2. The number of pyridine rings is 1. The topological polar surface area (TPSA) is 171 Å². The van der Waals surface area contributed by atoms with Gasteiger partial charge in [-0.1, -0.05) is 72.8 Å². The van der Waals surface area contributed by atoms with Gasteiger partial charge in [0.1, 0.15) is 21.5 Å². The van der Waals surface area contributed by atoms with E-state index in [0.29, 0.717) is 54.3 Å². The van der Waals surface area contributed by atoms with Gasteiger partial charge >= 0.3 is 0 Å². The number of thiazole rings is 1. The van der Waals surface area contributed by atoms with Crippen LogP contribution in [0.25, 0.3) is 21.6 Å². The molecule has 58 heavy (non-hydrogen) atoms. The zero-order valence-corrected chi connectivity index (χ0v) is 32.8. The van der Waals surface area contributed by atoms with Crippen molar-refractivity contribution < 1.29 is 24.6 Å². The molecule has 3 N–H and O–H groups in total. The molecule has 0 spiro atoms. The summed E-state index contributed by atoms with van der Waals surface area (Å²) in [6.07, 6.45) is 2.40. The van der Waals surface area contributed by atoms with Crippen LogP contribution in [0.1, 0.15) is 51.7 Å². The Labute approximate surface area is 338 Å². The van der Waals surface area contributed by atoms with E-state index >= 15 is 0 Å². The summed E-state index contributed by atoms with van der Waals surface area (Å²) in [6, 6.07) is 29.2. The Morgan fingerprint density at radius 3 is 2.38 bits per heavy atom. The summed E-state index contributed by atoms with van der Waals surface area (Å²) >= 11 is 1.39. The van der Waals surface area contributed by atoms with Crippen molar-refractivity contribution in [1.29, 1.82) is 0 Å². The summed E-state index contributed by atoms with van der Waals surface area (Å²) in [6.45, 7) is 3.27. The van der Waals surface area contributed by atoms with Crippen LogP contribution in [0.15, 0.2) is 108 Å². The number of fused-ring (bicyclic) bond motifs is 1. The number of aryl methyl sites for hydroxylation is 1. The lowest BCUT2D eigenvalue weighted by molar-refractivity contribution is -0.142. The van der Waals surface area contributed by atoms with Crippen molar-refractivity contribution in [2.24, 2.45) is 5.92 Å². The highest BCUT2D eigenvalue weighted by Gasteiger charge is 2.42. The van der Waals surface area contributed by atoms with E-state index < -0.39 is 11.2 Å². The molecule has 0 radical (unpaired) electrons. The van der Waals surface area contributed by atoms with E-state index in [1.54, 1.807) is 29.2 Å². The average Bonchev–Trinajstić information content (AvgIpc) is 3.63. The summed E-state index contributed by atoms with van der Waals surface area (Å²) in [5, 5.41) is 24.9. The molecular formula is C44H43N7O6S. The second-order valence-corrected chi connectivity index (χ2v) is 16.1. The van der Waals surface area contributed by atoms with Crippen molar-refractivity contribution in [1.82, 2.24) is 29.3 Å². The molecule has 8 rings (SSSR count). The number of rotatable bonds is 9. The van der Waals surface area contributed by atoms with E-state index in [9.17, 15) is 29.4 Å². The van der Waals surface area contributed by atoms with Gasteiger partial charge in [0.05, 0.1) is 36.1 Å². The fourth-order valence-corrected chi connectivity index (χ4v) is 9.06. The Morgan fingerprint density at radius 1 is 0.897 bits per heavy atom. The lowest BCUT2D eigenvalue weighted by Crippen LogP contribution is -2.53. The zero-order chi connectivity index (χ0) is 40.4. The molecule has 2 saturated heterocycles. The molecule has 2 atom stereocenters. The molecule has 3 aromatic heterocycles. The van der Waals surface area contributed by atoms with Gasteiger partial charge in [0.2, 0.25) is 11.8 Å². The number of hydrogen-bond acceptors (Lipinski definition) is 10. The van der Waals surface area contributed by atoms with Crippen LogP contribution in [-0.2, 0) is 22.6 Å². The first-order valence-electron chi connectivity index (χ1n) is 19.4. The zero-order valence-electron chi connectivity index (χ0n) is 32.0. The molecule has 14 heteroatoms. The van der Waals surface area contributed by atoms with Gasteiger partial charge in [-0.05, 0) is 61.6 Å². The van der Waals surface area contributed by atoms with E-state index in [1.807, 2.05) is 72.5 Å². The number of benzene rings is 3. The smallest absolute Gasteiger partial charge is 0.280 e. The highest BCUT2D eigenvalue weighted by atomic mass is 32.1. The van der Waals surface area contributed by atoms with Crippen LogP contribution in [0.4, 0.5) is 5.82 Å². The van der Waals surface area contributed by atoms with Gasteiger partial charge < -0.3 is 25.3 Å². The van der Waals surface area contributed by atoms with E-state index in [-0.39, 0.29) is 72.4 Å². The first-order chi connectivity index (χ1) is 28.0. The van der Waals surface area contributed by atoms with Crippen LogP contribution < -0.4 is 10.9 Å². The molecule has 2 fully saturated rings. The molecule has 5 heterocycles. The van der Waals surface area contributed by atoms with Crippen molar-refractivity contribution in [2.75, 3.05) is 31.5 Å². The Balaban J connectivity index is 0.926. The molecule has 2 aliphatic rings. The van der Waals surface area contributed by atoms with Gasteiger partial charge in [0, 0.05) is 43.6 Å². The molecule has 3 amide bonds. The summed E-state index contributed by atoms with van der Waals surface area (Å²) < 4.78 is 1.33. The number of phenolic OH excluding ortho intramolecular Hbond substituents is 1. The van der Waals surface area contributed by atoms with E-state index in [4.69, 9.17) is 4.98 Å². The molecule has 296 valence electrons. The summed E-state index contributed by atoms with van der Waals surface area (Å²) in [5.41, 5.74) is 1.93. The largest absolute Gasteiger partial charge is 0.508 e. The molecule has 2 aliphatic heterocycles. The monoisotopic (exact) mass is 797 g/mol. The van der Waals surface area contributed by atoms with E-state index in [0.717, 1.165) is 16.1 Å². The Morgan fingerprint density at radius 2 is 1.64 bits per heavy atom. The number of aromatic hydroxyl groups is 1. The van der Waals surface area contributed by atoms with Gasteiger partial charge in [-0.2, -0.15) is 0 Å². The van der Waals surface area contributed by atoms with Gasteiger partial charge in [0.25, 0.3) is 11.5 Å². The van der Waals surface area contributed by atoms with Crippen LogP contribution in [-0.4, -0.2) is 89.0 Å². The van der Waals surface area contributed by atoms with Gasteiger partial charge in [-0.25, -0.2) is 15.0 Å². The van der Waals surface area contributed by atoms with Crippen LogP contribution in [0.5, 0.6) is 5.75 Å². The van der Waals surface area contributed by atoms with Gasteiger partial charge in [0.15, 0.2) is 5.52 Å². The third-order valence-corrected chi connectivity index (χ3v) is 12.3. The fraction of sp³-hybridized carbons (Fsp3) is 0.295. The van der Waals surface area contributed by atoms with Crippen molar-refractivity contribution >= 4 is 45.9 Å². The standard InChI is InChI=1S/C44H43N7O6S/c1-28-39(58-40(46-28)31-12-6-3-7-13-31)43(56)50-20-17-33(34(25-50)30-10-4-2-5-11-30)41(54)49-21-18-44(57,19-22-49)26-51-27-45-35-15-16-36(48-38(35)42(51)55)47-37(53)24-29-9-8-14-32(52)23-29/h2-16,23,27,33-34,52,57H,17-22,24-26H2,1H3,(H,47,48,53)/t33-,34+/m1/s1. The number of aromatic nitrogens is 4. The predicted octanol–water partition coefficient (Wildman–Crippen LogP) is 5.41. The number of nitrogens with one attached hydrogen (secondary N) is 1. The Hall–Kier alpha value is -6.25. The molecule has 6 aromatic rings. The number of nitrogens with zero attached hydrogens (tertiary/aromatic N) is 6. The quantitative estimate of drug-likeness (QED) is 0.173. The molecule has 0 unspecified atom stereocenters. The maximum absolute atomic E-state index is 14.3. The first-order valence-corrected chi connectivity index (χ1v) is 20.2. The Bertz CT molecular complexity index is 2530. The van der Waals surface area contributed by atoms with Crippen LogP contribution in [0.3, 0.4) is 0 Å². The number of anilines is 1. The van der Waals surface area contributed by atoms with Crippen LogP contribution >= 0.6 is 11.3 Å². The SMILES string of the molecule is Cc1nc(-c2ccccc2)sc1C(=O)N1CC[C@@H](C(=O)N2CCC(O)(Cn3cnc4ccc(NC(=O)Cc5cccc(O)c5)nc4c3=O)CC2)[C@H](c2ccccc2)C1. The average molecular weight is 798 g/mol. The number of piperidine rings is 2. The third kappa shape index (κ3) is 8.25. The number of carbonyl (C=O) groups excluding carboxylic acids is 3. The lowest BCUT2D eigenvalue weighted by atomic mass is 9.79. The highest BCUT2D eigenvalue weighted by Crippen LogP contribution is 2.37. The molecule has 3 aromatic carbocycles. The second kappa shape index (κ2) is 16.3. The number of carbonyl (C=O) groups is 3. The summed E-state index contributed by atoms with van der Waals surface area (Å²) in [4.78, 5) is 72.4. The minimum absolute atomic E-state index is 0.00397. The van der Waals surface area contributed by atoms with Crippen molar-refractivity contribution in [3.8, 4) is 16.3 Å². The van der Waals surface area contributed by atoms with Crippen molar-refractivity contribution in [2.45, 2.75) is 50.7 Å². The normalized spacial score (nSPS) is 17.9. The molecule has 0 aliphatic carbocycles. The summed E-state index contributed by atoms with van der Waals surface area (Å²) in [5.74, 6) is -0.779. The summed E-state index contributed by atoms with van der Waals surface area (Å²) in [7, 11) is 0. The van der Waals surface area contributed by atoms with E-state index in [1.165, 1.54) is 34.4 Å². The predicted molar refractivity (Wildman–Crippen MR) is 220 cm³/mol. The number of phenols is 1. The van der Waals surface area contributed by atoms with E-state index in [2.05, 4.69) is 15.3 Å². The van der Waals surface area contributed by atoms with Gasteiger partial charge in [-0.15, -0.1) is 11.3 Å². The molecule has 0 saturated carbocycles. The number of hydrogen-bond donors (Lipinski definition) is 3. The number of amides is 3. The molecule has 0 bridgehead atoms. The lowest BCUT2D eigenvalue weighted by Gasteiger charge is -2.43. The Kier molecular flexibility index (Phi) is 10.9. The fourth-order valence-electron chi connectivity index (χ4n) is 8.02. The second-order valence-electron chi connectivity index (χ2n) is 15.1. The third-order valence-electron chi connectivity index (χ3n) is 11.1. The van der Waals surface area contributed by atoms with Crippen LogP contribution in [0.2, 0.25) is 0 Å². The van der Waals surface area contributed by atoms with Crippen LogP contribution in [0, 0.1) is 12.8 Å². The molecular weight excluding hydrogens is 755 g/mol. The maximum Gasteiger partial charge on any atom is 0.280 e. The maximum atomic E-state index is 14.3. The first kappa shape index (κ1) is 38.6. The molecule has 13 nitrogen and oxygen atoms in total. The number of aliphatic hydroxyl groups is 1. The van der Waals surface area contributed by atoms with Gasteiger partial charge in [-0.3, -0.25) is 23.7 Å². The minimum atomic E-state index is -1.27.